The summed E-state index contributed by atoms with van der Waals surface area (Å²) in [5.74, 6) is -0.898. The monoisotopic (exact) mass is 359 g/mol. The fraction of sp³-hybridized carbons (Fsp3) is 0.263. The number of rotatable bonds is 8. The van der Waals surface area contributed by atoms with Gasteiger partial charge in [0.1, 0.15) is 0 Å². The summed E-state index contributed by atoms with van der Waals surface area (Å²) in [7, 11) is 1.55. The average molecular weight is 359 g/mol. The fourth-order valence-corrected chi connectivity index (χ4v) is 2.95. The Morgan fingerprint density at radius 3 is 2.68 bits per heavy atom. The van der Waals surface area contributed by atoms with E-state index < -0.39 is 12.1 Å². The predicted molar refractivity (Wildman–Crippen MR) is 99.2 cm³/mol. The summed E-state index contributed by atoms with van der Waals surface area (Å²) >= 11 is 1.58. The van der Waals surface area contributed by atoms with Gasteiger partial charge in [0.2, 0.25) is 0 Å². The number of thiophene rings is 1. The Labute approximate surface area is 151 Å². The topological polar surface area (TPSA) is 64.6 Å². The van der Waals surface area contributed by atoms with Gasteiger partial charge in [0.15, 0.2) is 6.10 Å². The molecule has 25 heavy (non-hydrogen) atoms. The number of amides is 1. The highest BCUT2D eigenvalue weighted by molar-refractivity contribution is 7.16. The van der Waals surface area contributed by atoms with Crippen molar-refractivity contribution in [2.45, 2.75) is 13.0 Å². The summed E-state index contributed by atoms with van der Waals surface area (Å²) < 4.78 is 9.92. The van der Waals surface area contributed by atoms with E-state index in [2.05, 4.69) is 5.32 Å². The highest BCUT2D eigenvalue weighted by Crippen LogP contribution is 2.28. The molecule has 0 fully saturated rings. The molecule has 1 aromatic carbocycles. The van der Waals surface area contributed by atoms with Crippen LogP contribution in [0.3, 0.4) is 0 Å². The van der Waals surface area contributed by atoms with E-state index in [9.17, 15) is 9.59 Å². The van der Waals surface area contributed by atoms with Gasteiger partial charge in [-0.25, -0.2) is 4.79 Å². The van der Waals surface area contributed by atoms with Crippen LogP contribution in [0.4, 0.5) is 0 Å². The first-order valence-electron chi connectivity index (χ1n) is 7.90. The minimum Gasteiger partial charge on any atom is -0.449 e. The Morgan fingerprint density at radius 2 is 1.96 bits per heavy atom. The third kappa shape index (κ3) is 6.17. The lowest BCUT2D eigenvalue weighted by Gasteiger charge is -2.11. The molecule has 1 atom stereocenters. The Hall–Kier alpha value is -2.44. The zero-order valence-electron chi connectivity index (χ0n) is 14.2. The highest BCUT2D eigenvalue weighted by Gasteiger charge is 2.15. The molecule has 1 N–H and O–H groups in total. The molecule has 0 radical (unpaired) electrons. The van der Waals surface area contributed by atoms with Gasteiger partial charge in [-0.2, -0.15) is 0 Å². The molecule has 1 aromatic heterocycles. The van der Waals surface area contributed by atoms with E-state index in [1.807, 2.05) is 42.5 Å². The van der Waals surface area contributed by atoms with Crippen molar-refractivity contribution in [3.63, 3.8) is 0 Å². The van der Waals surface area contributed by atoms with Gasteiger partial charge in [-0.1, -0.05) is 30.3 Å². The number of benzene rings is 1. The molecule has 0 spiro atoms. The molecule has 2 rings (SSSR count). The number of esters is 1. The summed E-state index contributed by atoms with van der Waals surface area (Å²) in [6.07, 6.45) is 2.17. The summed E-state index contributed by atoms with van der Waals surface area (Å²) in [5, 5.41) is 2.62. The molecule has 132 valence electrons. The Morgan fingerprint density at radius 1 is 1.20 bits per heavy atom. The number of hydrogen-bond acceptors (Lipinski definition) is 5. The van der Waals surface area contributed by atoms with Crippen LogP contribution in [0.15, 0.2) is 48.5 Å². The fourth-order valence-electron chi connectivity index (χ4n) is 2.04. The van der Waals surface area contributed by atoms with E-state index in [-0.39, 0.29) is 5.91 Å². The minimum atomic E-state index is -0.850. The Kier molecular flexibility index (Phi) is 7.37. The molecule has 0 aliphatic rings. The molecular formula is C19H21NO4S. The predicted octanol–water partition coefficient (Wildman–Crippen LogP) is 3.12. The number of nitrogens with one attached hydrogen (secondary N) is 1. The first-order valence-corrected chi connectivity index (χ1v) is 8.72. The normalized spacial score (nSPS) is 12.1. The quantitative estimate of drug-likeness (QED) is 0.447. The zero-order valence-corrected chi connectivity index (χ0v) is 15.0. The van der Waals surface area contributed by atoms with Crippen LogP contribution in [-0.4, -0.2) is 38.2 Å². The van der Waals surface area contributed by atoms with E-state index >= 15 is 0 Å². The minimum absolute atomic E-state index is 0.346. The lowest BCUT2D eigenvalue weighted by atomic mass is 10.2. The molecule has 0 bridgehead atoms. The maximum absolute atomic E-state index is 11.8. The van der Waals surface area contributed by atoms with Crippen molar-refractivity contribution in [2.24, 2.45) is 0 Å². The molecule has 6 heteroatoms. The molecule has 2 aromatic rings. The van der Waals surface area contributed by atoms with Gasteiger partial charge in [0, 0.05) is 29.5 Å². The molecular weight excluding hydrogens is 338 g/mol. The van der Waals surface area contributed by atoms with Gasteiger partial charge >= 0.3 is 5.97 Å². The second kappa shape index (κ2) is 9.76. The standard InChI is InChI=1S/C19H21NO4S/c1-14(19(22)20-12-13-23-2)24-18(21)11-9-16-8-10-17(25-16)15-6-4-3-5-7-15/h3-11,14H,12-13H2,1-2H3,(H,20,22)/b11-9+/t14-/m1/s1. The van der Waals surface area contributed by atoms with Crippen molar-refractivity contribution in [3.8, 4) is 10.4 Å². The number of methoxy groups -OCH3 is 1. The van der Waals surface area contributed by atoms with E-state index in [0.717, 1.165) is 15.3 Å². The van der Waals surface area contributed by atoms with Crippen molar-refractivity contribution in [1.82, 2.24) is 5.32 Å². The van der Waals surface area contributed by atoms with E-state index in [0.29, 0.717) is 13.2 Å². The number of ether oxygens (including phenoxy) is 2. The number of carbonyl (C=O) groups is 2. The largest absolute Gasteiger partial charge is 0.449 e. The first kappa shape index (κ1) is 18.9. The highest BCUT2D eigenvalue weighted by atomic mass is 32.1. The molecule has 0 aliphatic carbocycles. The first-order chi connectivity index (χ1) is 12.1. The van der Waals surface area contributed by atoms with Crippen LogP contribution < -0.4 is 5.32 Å². The van der Waals surface area contributed by atoms with Crippen molar-refractivity contribution in [1.29, 1.82) is 0 Å². The van der Waals surface area contributed by atoms with Gasteiger partial charge in [-0.15, -0.1) is 11.3 Å². The van der Waals surface area contributed by atoms with Gasteiger partial charge < -0.3 is 14.8 Å². The van der Waals surface area contributed by atoms with Crippen LogP contribution in [0.5, 0.6) is 0 Å². The van der Waals surface area contributed by atoms with Crippen molar-refractivity contribution in [2.75, 3.05) is 20.3 Å². The summed E-state index contributed by atoms with van der Waals surface area (Å²) in [6.45, 7) is 2.32. The Balaban J connectivity index is 1.86. The third-order valence-electron chi connectivity index (χ3n) is 3.34. The summed E-state index contributed by atoms with van der Waals surface area (Å²) in [5.41, 5.74) is 1.14. The van der Waals surface area contributed by atoms with E-state index in [4.69, 9.17) is 9.47 Å². The lowest BCUT2D eigenvalue weighted by Crippen LogP contribution is -2.37. The Bertz CT molecular complexity index is 724. The smallest absolute Gasteiger partial charge is 0.331 e. The van der Waals surface area contributed by atoms with Crippen LogP contribution in [0.1, 0.15) is 11.8 Å². The van der Waals surface area contributed by atoms with Gasteiger partial charge in [0.25, 0.3) is 5.91 Å². The molecule has 0 aliphatic heterocycles. The van der Waals surface area contributed by atoms with Crippen LogP contribution in [0.2, 0.25) is 0 Å². The van der Waals surface area contributed by atoms with Crippen molar-refractivity contribution >= 4 is 29.3 Å². The van der Waals surface area contributed by atoms with E-state index in [1.54, 1.807) is 24.5 Å². The second-order valence-electron chi connectivity index (χ2n) is 5.26. The van der Waals surface area contributed by atoms with Crippen molar-refractivity contribution < 1.29 is 19.1 Å². The zero-order chi connectivity index (χ0) is 18.1. The second-order valence-corrected chi connectivity index (χ2v) is 6.38. The molecule has 1 heterocycles. The molecule has 0 saturated carbocycles. The molecule has 0 unspecified atom stereocenters. The van der Waals surface area contributed by atoms with Crippen molar-refractivity contribution in [3.05, 3.63) is 53.4 Å². The summed E-state index contributed by atoms with van der Waals surface area (Å²) in [6, 6.07) is 14.0. The van der Waals surface area contributed by atoms with Gasteiger partial charge in [-0.3, -0.25) is 4.79 Å². The molecule has 1 amide bonds. The lowest BCUT2D eigenvalue weighted by molar-refractivity contribution is -0.150. The van der Waals surface area contributed by atoms with Gasteiger partial charge in [-0.05, 0) is 30.7 Å². The number of hydrogen-bond donors (Lipinski definition) is 1. The maximum Gasteiger partial charge on any atom is 0.331 e. The molecule has 5 nitrogen and oxygen atoms in total. The number of carbonyl (C=O) groups excluding carboxylic acids is 2. The maximum atomic E-state index is 11.8. The van der Waals surface area contributed by atoms with Crippen LogP contribution >= 0.6 is 11.3 Å². The SMILES string of the molecule is COCCNC(=O)[C@@H](C)OC(=O)/C=C/c1ccc(-c2ccccc2)s1. The summed E-state index contributed by atoms with van der Waals surface area (Å²) in [4.78, 5) is 25.6. The average Bonchev–Trinajstić information content (AvgIpc) is 3.10. The molecule has 0 saturated heterocycles. The van der Waals surface area contributed by atoms with Crippen LogP contribution in [0, 0.1) is 0 Å². The van der Waals surface area contributed by atoms with Gasteiger partial charge in [0.05, 0.1) is 6.61 Å². The van der Waals surface area contributed by atoms with E-state index in [1.165, 1.54) is 13.0 Å². The van der Waals surface area contributed by atoms with Crippen LogP contribution in [-0.2, 0) is 19.1 Å². The third-order valence-corrected chi connectivity index (χ3v) is 4.44. The van der Waals surface area contributed by atoms with Crippen LogP contribution in [0.25, 0.3) is 16.5 Å².